The number of carbonyl (C=O) groups excluding carboxylic acids is 3. The summed E-state index contributed by atoms with van der Waals surface area (Å²) in [6.45, 7) is 23.3. The first-order valence-corrected chi connectivity index (χ1v) is 16.0. The van der Waals surface area contributed by atoms with Crippen molar-refractivity contribution >= 4 is 25.9 Å². The number of ether oxygens (including phenoxy) is 1. The number of nitrogens with one attached hydrogen (secondary N) is 1. The SMILES string of the molecule is C=C[C@H](OC)[C@@H](O[Si](C)(C)C(C)(C)C)[C@H](C)/C=C(/C)C(C)[C@H](C)C(=O)/C=C/CC1CC(=O)NC(=O)C1. The van der Waals surface area contributed by atoms with Gasteiger partial charge in [0.05, 0.1) is 6.10 Å². The van der Waals surface area contributed by atoms with E-state index in [2.05, 4.69) is 72.6 Å². The zero-order chi connectivity index (χ0) is 27.8. The van der Waals surface area contributed by atoms with Crippen LogP contribution in [-0.4, -0.2) is 45.2 Å². The van der Waals surface area contributed by atoms with Crippen molar-refractivity contribution in [3.63, 3.8) is 0 Å². The van der Waals surface area contributed by atoms with Gasteiger partial charge in [-0.1, -0.05) is 65.3 Å². The van der Waals surface area contributed by atoms with Crippen molar-refractivity contribution in [2.24, 2.45) is 23.7 Å². The van der Waals surface area contributed by atoms with Gasteiger partial charge in [0.15, 0.2) is 14.1 Å². The molecule has 0 aromatic rings. The monoisotopic (exact) mass is 519 g/mol. The van der Waals surface area contributed by atoms with Crippen LogP contribution in [0.25, 0.3) is 0 Å². The summed E-state index contributed by atoms with van der Waals surface area (Å²) in [7, 11) is -0.365. The highest BCUT2D eigenvalue weighted by Gasteiger charge is 2.41. The van der Waals surface area contributed by atoms with Gasteiger partial charge >= 0.3 is 0 Å². The maximum atomic E-state index is 12.9. The molecule has 1 saturated heterocycles. The lowest BCUT2D eigenvalue weighted by molar-refractivity contribution is -0.134. The third kappa shape index (κ3) is 9.24. The molecule has 0 bridgehead atoms. The lowest BCUT2D eigenvalue weighted by Gasteiger charge is -2.42. The van der Waals surface area contributed by atoms with Crippen LogP contribution in [0.2, 0.25) is 18.1 Å². The molecule has 5 atom stereocenters. The third-order valence-electron chi connectivity index (χ3n) is 8.00. The first-order chi connectivity index (χ1) is 16.5. The maximum Gasteiger partial charge on any atom is 0.226 e. The Bertz CT molecular complexity index is 838. The minimum Gasteiger partial charge on any atom is -0.410 e. The normalized spacial score (nSPS) is 20.6. The van der Waals surface area contributed by atoms with Crippen LogP contribution in [0, 0.1) is 23.7 Å². The van der Waals surface area contributed by atoms with Crippen molar-refractivity contribution in [2.45, 2.75) is 98.1 Å². The number of ketones is 1. The molecule has 7 heteroatoms. The molecule has 204 valence electrons. The van der Waals surface area contributed by atoms with Crippen molar-refractivity contribution in [1.29, 1.82) is 0 Å². The Kier molecular flexibility index (Phi) is 12.2. The van der Waals surface area contributed by atoms with Crippen molar-refractivity contribution in [3.05, 3.63) is 36.5 Å². The average molecular weight is 520 g/mol. The van der Waals surface area contributed by atoms with Crippen molar-refractivity contribution in [1.82, 2.24) is 5.32 Å². The Morgan fingerprint density at radius 3 is 2.17 bits per heavy atom. The smallest absolute Gasteiger partial charge is 0.226 e. The van der Waals surface area contributed by atoms with Gasteiger partial charge < -0.3 is 9.16 Å². The van der Waals surface area contributed by atoms with E-state index in [9.17, 15) is 14.4 Å². The molecule has 0 aliphatic carbocycles. The van der Waals surface area contributed by atoms with E-state index in [-0.39, 0.29) is 58.5 Å². The summed E-state index contributed by atoms with van der Waals surface area (Å²) in [6.07, 6.45) is 8.21. The average Bonchev–Trinajstić information content (AvgIpc) is 2.76. The minimum absolute atomic E-state index is 0.0399. The van der Waals surface area contributed by atoms with E-state index >= 15 is 0 Å². The molecule has 2 amide bonds. The second kappa shape index (κ2) is 13.6. The number of hydrogen-bond donors (Lipinski definition) is 1. The van der Waals surface area contributed by atoms with Gasteiger partial charge in [-0.05, 0) is 49.4 Å². The molecule has 1 rings (SSSR count). The molecule has 1 heterocycles. The standard InChI is InChI=1S/C29H49NO5Si/c1-12-25(34-9)28(35-36(10,11)29(6,7)8)20(3)16-19(2)21(4)22(5)24(31)15-13-14-23-17-26(32)30-27(33)18-23/h12-13,15-16,20-23,25,28H,1,14,17-18H2,2-11H3,(H,30,32,33)/b15-13+,19-16-/t20-,21?,22+,25+,28+/m1/s1. The van der Waals surface area contributed by atoms with E-state index in [0.717, 1.165) is 5.57 Å². The molecule has 0 aromatic carbocycles. The van der Waals surface area contributed by atoms with Crippen LogP contribution in [0.5, 0.6) is 0 Å². The molecule has 36 heavy (non-hydrogen) atoms. The number of imide groups is 1. The zero-order valence-electron chi connectivity index (χ0n) is 24.1. The highest BCUT2D eigenvalue weighted by atomic mass is 28.4. The number of methoxy groups -OCH3 is 1. The van der Waals surface area contributed by atoms with Crippen LogP contribution in [0.4, 0.5) is 0 Å². The molecule has 1 aliphatic rings. The molecular formula is C29H49NO5Si. The van der Waals surface area contributed by atoms with Gasteiger partial charge in [0.2, 0.25) is 11.8 Å². The van der Waals surface area contributed by atoms with Gasteiger partial charge in [-0.15, -0.1) is 6.58 Å². The van der Waals surface area contributed by atoms with Crippen LogP contribution in [0.15, 0.2) is 36.5 Å². The summed E-state index contributed by atoms with van der Waals surface area (Å²) < 4.78 is 12.5. The molecule has 1 fully saturated rings. The summed E-state index contributed by atoms with van der Waals surface area (Å²) in [6, 6.07) is 0. The predicted octanol–water partition coefficient (Wildman–Crippen LogP) is 6.00. The Balaban J connectivity index is 2.92. The molecule has 0 aromatic heterocycles. The first kappa shape index (κ1) is 32.2. The summed E-state index contributed by atoms with van der Waals surface area (Å²) in [5.74, 6) is -0.557. The Morgan fingerprint density at radius 1 is 1.14 bits per heavy atom. The lowest BCUT2D eigenvalue weighted by Crippen LogP contribution is -2.49. The topological polar surface area (TPSA) is 81.7 Å². The number of piperidine rings is 1. The summed E-state index contributed by atoms with van der Waals surface area (Å²) >= 11 is 0. The van der Waals surface area contributed by atoms with Crippen LogP contribution >= 0.6 is 0 Å². The van der Waals surface area contributed by atoms with Gasteiger partial charge in [0, 0.05) is 31.8 Å². The highest BCUT2D eigenvalue weighted by Crippen LogP contribution is 2.39. The van der Waals surface area contributed by atoms with Gasteiger partial charge in [0.1, 0.15) is 6.10 Å². The number of rotatable bonds is 13. The second-order valence-corrected chi connectivity index (χ2v) is 16.7. The molecule has 0 saturated carbocycles. The van der Waals surface area contributed by atoms with E-state index in [4.69, 9.17) is 9.16 Å². The van der Waals surface area contributed by atoms with Gasteiger partial charge in [0.25, 0.3) is 0 Å². The highest BCUT2D eigenvalue weighted by molar-refractivity contribution is 6.74. The Morgan fingerprint density at radius 2 is 1.69 bits per heavy atom. The predicted molar refractivity (Wildman–Crippen MR) is 149 cm³/mol. The molecule has 0 spiro atoms. The van der Waals surface area contributed by atoms with E-state index in [1.165, 1.54) is 0 Å². The van der Waals surface area contributed by atoms with Crippen molar-refractivity contribution in [3.8, 4) is 0 Å². The lowest BCUT2D eigenvalue weighted by atomic mass is 9.83. The fourth-order valence-electron chi connectivity index (χ4n) is 4.21. The van der Waals surface area contributed by atoms with Crippen LogP contribution in [0.3, 0.4) is 0 Å². The molecular weight excluding hydrogens is 470 g/mol. The minimum atomic E-state index is -2.05. The Labute approximate surface area is 220 Å². The quantitative estimate of drug-likeness (QED) is 0.140. The zero-order valence-corrected chi connectivity index (χ0v) is 25.1. The van der Waals surface area contributed by atoms with Crippen LogP contribution in [0.1, 0.15) is 67.7 Å². The number of allylic oxidation sites excluding steroid dienone is 3. The molecule has 1 unspecified atom stereocenters. The number of amides is 2. The van der Waals surface area contributed by atoms with Gasteiger partial charge in [-0.3, -0.25) is 19.7 Å². The van der Waals surface area contributed by atoms with Crippen molar-refractivity contribution in [2.75, 3.05) is 7.11 Å². The third-order valence-corrected chi connectivity index (χ3v) is 12.5. The molecule has 1 N–H and O–H groups in total. The largest absolute Gasteiger partial charge is 0.410 e. The summed E-state index contributed by atoms with van der Waals surface area (Å²) in [5.41, 5.74) is 1.13. The van der Waals surface area contributed by atoms with E-state index in [0.29, 0.717) is 19.3 Å². The summed E-state index contributed by atoms with van der Waals surface area (Å²) in [4.78, 5) is 36.0. The van der Waals surface area contributed by atoms with E-state index in [1.807, 2.05) is 6.92 Å². The number of hydrogen-bond acceptors (Lipinski definition) is 5. The summed E-state index contributed by atoms with van der Waals surface area (Å²) in [5, 5.41) is 2.38. The Hall–Kier alpha value is -1.83. The first-order valence-electron chi connectivity index (χ1n) is 13.1. The van der Waals surface area contributed by atoms with E-state index < -0.39 is 8.32 Å². The van der Waals surface area contributed by atoms with Crippen molar-refractivity contribution < 1.29 is 23.5 Å². The van der Waals surface area contributed by atoms with Crippen LogP contribution in [-0.2, 0) is 23.5 Å². The van der Waals surface area contributed by atoms with Gasteiger partial charge in [-0.25, -0.2) is 0 Å². The molecule has 1 aliphatic heterocycles. The fraction of sp³-hybridized carbons (Fsp3) is 0.690. The van der Waals surface area contributed by atoms with E-state index in [1.54, 1.807) is 25.3 Å². The second-order valence-electron chi connectivity index (χ2n) is 11.9. The molecule has 6 nitrogen and oxygen atoms in total. The number of carbonyl (C=O) groups is 3. The van der Waals surface area contributed by atoms with Gasteiger partial charge in [-0.2, -0.15) is 0 Å². The maximum absolute atomic E-state index is 12.9. The fourth-order valence-corrected chi connectivity index (χ4v) is 5.59. The van der Waals surface area contributed by atoms with Crippen LogP contribution < -0.4 is 5.32 Å². The molecule has 0 radical (unpaired) electrons.